The minimum atomic E-state index is 0.897. The van der Waals surface area contributed by atoms with Gasteiger partial charge < -0.3 is 0 Å². The summed E-state index contributed by atoms with van der Waals surface area (Å²) in [5.74, 6) is 0. The molecule has 0 fully saturated rings. The van der Waals surface area contributed by atoms with Crippen LogP contribution in [0.1, 0.15) is 39.5 Å². The maximum Gasteiger partial charge on any atom is 0.258 e. The summed E-state index contributed by atoms with van der Waals surface area (Å²) in [4.78, 5) is 2.45. The molecule has 0 spiro atoms. The highest BCUT2D eigenvalue weighted by molar-refractivity contribution is 6.64. The fourth-order valence-electron chi connectivity index (χ4n) is 1.36. The van der Waals surface area contributed by atoms with Crippen LogP contribution < -0.4 is 0 Å². The average molecular weight is 234 g/mol. The van der Waals surface area contributed by atoms with E-state index in [1.165, 1.54) is 38.8 Å². The second-order valence-electron chi connectivity index (χ2n) is 4.25. The predicted octanol–water partition coefficient (Wildman–Crippen LogP) is 2.80. The van der Waals surface area contributed by atoms with E-state index in [0.29, 0.717) is 0 Å². The van der Waals surface area contributed by atoms with E-state index < -0.39 is 0 Å². The number of rotatable bonds is 8. The first-order valence-corrected chi connectivity index (χ1v) is 6.40. The van der Waals surface area contributed by atoms with E-state index >= 15 is 0 Å². The molecule has 15 heavy (non-hydrogen) atoms. The van der Waals surface area contributed by atoms with Crippen LogP contribution in [0.2, 0.25) is 0 Å². The Morgan fingerprint density at radius 2 is 1.53 bits per heavy atom. The Bertz CT molecular complexity index is 178. The zero-order chi connectivity index (χ0) is 11.7. The van der Waals surface area contributed by atoms with Crippen LogP contribution in [0.3, 0.4) is 0 Å². The van der Waals surface area contributed by atoms with Crippen molar-refractivity contribution < 1.29 is 4.58 Å². The molecule has 0 heterocycles. The van der Waals surface area contributed by atoms with E-state index in [1.54, 1.807) is 0 Å². The smallest absolute Gasteiger partial charge is 0.258 e. The van der Waals surface area contributed by atoms with Gasteiger partial charge in [-0.2, -0.15) is 0 Å². The van der Waals surface area contributed by atoms with Crippen molar-refractivity contribution in [3.63, 3.8) is 0 Å². The van der Waals surface area contributed by atoms with Crippen LogP contribution >= 0.6 is 11.6 Å². The summed E-state index contributed by atoms with van der Waals surface area (Å²) in [5, 5.41) is 0.933. The molecule has 0 aliphatic carbocycles. The molecule has 0 aromatic heterocycles. The molecule has 0 aromatic carbocycles. The van der Waals surface area contributed by atoms with Crippen LogP contribution in [0.25, 0.3) is 0 Å². The molecule has 0 N–H and O–H groups in total. The Morgan fingerprint density at radius 3 is 1.87 bits per heavy atom. The Balaban J connectivity index is 4.05. The molecule has 2 nitrogen and oxygen atoms in total. The minimum Gasteiger partial charge on any atom is -0.293 e. The first-order chi connectivity index (χ1) is 7.11. The zero-order valence-electron chi connectivity index (χ0n) is 10.7. The third-order valence-corrected chi connectivity index (χ3v) is 2.95. The van der Waals surface area contributed by atoms with Crippen molar-refractivity contribution in [2.45, 2.75) is 39.5 Å². The Morgan fingerprint density at radius 1 is 1.07 bits per heavy atom. The van der Waals surface area contributed by atoms with Crippen molar-refractivity contribution in [3.8, 4) is 0 Å². The molecular weight excluding hydrogens is 208 g/mol. The van der Waals surface area contributed by atoms with E-state index in [-0.39, 0.29) is 0 Å². The third kappa shape index (κ3) is 7.80. The third-order valence-electron chi connectivity index (χ3n) is 2.50. The highest BCUT2D eigenvalue weighted by Crippen LogP contribution is 2.00. The van der Waals surface area contributed by atoms with E-state index in [2.05, 4.69) is 18.7 Å². The van der Waals surface area contributed by atoms with Gasteiger partial charge in [-0.15, -0.1) is 0 Å². The minimum absolute atomic E-state index is 0.897. The van der Waals surface area contributed by atoms with Crippen LogP contribution in [-0.4, -0.2) is 48.4 Å². The van der Waals surface area contributed by atoms with Crippen molar-refractivity contribution >= 4 is 16.8 Å². The molecule has 0 atom stereocenters. The number of nitrogens with zero attached hydrogens (tertiary/aromatic N) is 2. The molecule has 0 rings (SSSR count). The first kappa shape index (κ1) is 14.9. The molecule has 90 valence electrons. The second kappa shape index (κ2) is 9.17. The second-order valence-corrected chi connectivity index (χ2v) is 4.69. The Labute approximate surface area is 99.9 Å². The monoisotopic (exact) mass is 233 g/mol. The van der Waals surface area contributed by atoms with Gasteiger partial charge in [0.15, 0.2) is 0 Å². The maximum atomic E-state index is 6.17. The van der Waals surface area contributed by atoms with Crippen LogP contribution in [0.15, 0.2) is 0 Å². The van der Waals surface area contributed by atoms with Gasteiger partial charge in [0.1, 0.15) is 14.1 Å². The summed E-state index contributed by atoms with van der Waals surface area (Å²) >= 11 is 6.17. The lowest BCUT2D eigenvalue weighted by Gasteiger charge is -2.19. The van der Waals surface area contributed by atoms with Crippen LogP contribution in [0.4, 0.5) is 0 Å². The van der Waals surface area contributed by atoms with Gasteiger partial charge in [0.25, 0.3) is 5.17 Å². The Hall–Kier alpha value is -0.0800. The largest absolute Gasteiger partial charge is 0.293 e. The SMILES string of the molecule is CCCCN(CCCC)CC(Cl)=[N+](C)C. The maximum absolute atomic E-state index is 6.17. The summed E-state index contributed by atoms with van der Waals surface area (Å²) in [6.45, 7) is 7.69. The highest BCUT2D eigenvalue weighted by Gasteiger charge is 2.11. The zero-order valence-corrected chi connectivity index (χ0v) is 11.5. The average Bonchev–Trinajstić information content (AvgIpc) is 2.21. The summed E-state index contributed by atoms with van der Waals surface area (Å²) in [6.07, 6.45) is 5.03. The topological polar surface area (TPSA) is 6.25 Å². The predicted molar refractivity (Wildman–Crippen MR) is 69.2 cm³/mol. The summed E-state index contributed by atoms with van der Waals surface area (Å²) in [6, 6.07) is 0. The standard InChI is InChI=1S/C12H26ClN2/c1-5-7-9-15(10-8-6-2)11-12(13)14(3)4/h5-11H2,1-4H3/q+1. The molecule has 0 saturated heterocycles. The Kier molecular flexibility index (Phi) is 9.12. The highest BCUT2D eigenvalue weighted by atomic mass is 35.5. The van der Waals surface area contributed by atoms with Crippen LogP contribution in [-0.2, 0) is 0 Å². The molecule has 0 radical (unpaired) electrons. The van der Waals surface area contributed by atoms with Gasteiger partial charge in [0.2, 0.25) is 0 Å². The van der Waals surface area contributed by atoms with Crippen molar-refractivity contribution in [1.29, 1.82) is 0 Å². The van der Waals surface area contributed by atoms with E-state index in [1.807, 2.05) is 18.7 Å². The van der Waals surface area contributed by atoms with Gasteiger partial charge >= 0.3 is 0 Å². The van der Waals surface area contributed by atoms with Gasteiger partial charge in [-0.3, -0.25) is 4.90 Å². The summed E-state index contributed by atoms with van der Waals surface area (Å²) < 4.78 is 1.99. The number of hydrogen-bond acceptors (Lipinski definition) is 1. The summed E-state index contributed by atoms with van der Waals surface area (Å²) in [7, 11) is 4.00. The molecular formula is C12H26ClN2+. The van der Waals surface area contributed by atoms with Crippen molar-refractivity contribution in [1.82, 2.24) is 4.90 Å². The quantitative estimate of drug-likeness (QED) is 0.462. The molecule has 0 unspecified atom stereocenters. The molecule has 0 aromatic rings. The van der Waals surface area contributed by atoms with E-state index in [0.717, 1.165) is 11.7 Å². The molecule has 3 heteroatoms. The van der Waals surface area contributed by atoms with Gasteiger partial charge in [-0.1, -0.05) is 26.7 Å². The van der Waals surface area contributed by atoms with Gasteiger partial charge in [0, 0.05) is 0 Å². The molecule has 0 bridgehead atoms. The van der Waals surface area contributed by atoms with Crippen LogP contribution in [0.5, 0.6) is 0 Å². The number of unbranched alkanes of at least 4 members (excludes halogenated alkanes) is 2. The molecule has 0 aliphatic heterocycles. The lowest BCUT2D eigenvalue weighted by atomic mass is 10.2. The fraction of sp³-hybridized carbons (Fsp3) is 0.917. The normalized spacial score (nSPS) is 10.8. The summed E-state index contributed by atoms with van der Waals surface area (Å²) in [5.41, 5.74) is 0. The van der Waals surface area contributed by atoms with Gasteiger partial charge in [-0.05, 0) is 37.5 Å². The first-order valence-electron chi connectivity index (χ1n) is 6.02. The molecule has 0 saturated carbocycles. The van der Waals surface area contributed by atoms with E-state index in [9.17, 15) is 0 Å². The lowest BCUT2D eigenvalue weighted by molar-refractivity contribution is -0.463. The van der Waals surface area contributed by atoms with Crippen LogP contribution in [0, 0.1) is 0 Å². The van der Waals surface area contributed by atoms with Gasteiger partial charge in [-0.25, -0.2) is 4.58 Å². The van der Waals surface area contributed by atoms with Gasteiger partial charge in [0.05, 0.1) is 6.54 Å². The molecule has 0 amide bonds. The number of hydrogen-bond donors (Lipinski definition) is 0. The van der Waals surface area contributed by atoms with Crippen molar-refractivity contribution in [3.05, 3.63) is 0 Å². The van der Waals surface area contributed by atoms with Crippen molar-refractivity contribution in [2.75, 3.05) is 33.7 Å². The lowest BCUT2D eigenvalue weighted by Crippen LogP contribution is -2.32. The number of halogens is 1. The fourth-order valence-corrected chi connectivity index (χ4v) is 1.53. The van der Waals surface area contributed by atoms with E-state index in [4.69, 9.17) is 11.6 Å². The van der Waals surface area contributed by atoms with Crippen molar-refractivity contribution in [2.24, 2.45) is 0 Å². The molecule has 0 aliphatic rings.